The first-order chi connectivity index (χ1) is 18.9. The molecule has 1 aliphatic rings. The van der Waals surface area contributed by atoms with Gasteiger partial charge in [-0.2, -0.15) is 9.61 Å². The Kier molecular flexibility index (Phi) is 7.34. The minimum Gasteiger partial charge on any atom is -0.347 e. The Hall–Kier alpha value is -4.25. The number of hydrogen-bond acceptors (Lipinski definition) is 8. The molecule has 0 spiro atoms. The topological polar surface area (TPSA) is 118 Å². The molecule has 0 atom stereocenters. The summed E-state index contributed by atoms with van der Waals surface area (Å²) in [5, 5.41) is 16.2. The minimum absolute atomic E-state index is 0. The third-order valence-electron chi connectivity index (χ3n) is 6.54. The molecule has 11 heteroatoms. The Balaban J connectivity index is 0.000000886. The number of nitrogens with zero attached hydrogens (tertiary/aromatic N) is 7. The summed E-state index contributed by atoms with van der Waals surface area (Å²) >= 11 is 1.63. The van der Waals surface area contributed by atoms with Crippen LogP contribution in [0, 0.1) is 0 Å². The zero-order valence-electron chi connectivity index (χ0n) is 22.4. The summed E-state index contributed by atoms with van der Waals surface area (Å²) in [7, 11) is 3.29. The second kappa shape index (κ2) is 10.9. The second-order valence-corrected chi connectivity index (χ2v) is 10.6. The van der Waals surface area contributed by atoms with Crippen molar-refractivity contribution in [3.05, 3.63) is 71.1 Å². The standard InChI is InChI=1S/C25H22N8O2S.C3H8.H2/c1-32(2)21(34)13-26-22(35)16-5-3-15(4-6-16)19-12-27-24-30-29-23(33(24)31-19)25(9-10-25)17-7-8-18-20(11-17)36-14-28-18;1-3-2;/h3-8,11-12,14H,9-10,13H2,1-2H3,(H,26,35);3H2,1-2H3;1H. The van der Waals surface area contributed by atoms with Gasteiger partial charge in [-0.05, 0) is 42.7 Å². The first-order valence-electron chi connectivity index (χ1n) is 12.9. The molecular formula is C28H32N8O2S. The number of carbonyl (C=O) groups is 2. The lowest BCUT2D eigenvalue weighted by atomic mass is 9.95. The summed E-state index contributed by atoms with van der Waals surface area (Å²) in [5.74, 6) is 0.736. The molecular weight excluding hydrogens is 512 g/mol. The van der Waals surface area contributed by atoms with Crippen molar-refractivity contribution in [3.8, 4) is 11.3 Å². The lowest BCUT2D eigenvalue weighted by Gasteiger charge is -2.13. The Labute approximate surface area is 231 Å². The highest BCUT2D eigenvalue weighted by molar-refractivity contribution is 7.16. The molecule has 0 aliphatic heterocycles. The summed E-state index contributed by atoms with van der Waals surface area (Å²) < 4.78 is 2.88. The van der Waals surface area contributed by atoms with Crippen LogP contribution in [0.5, 0.6) is 0 Å². The molecule has 0 bridgehead atoms. The third kappa shape index (κ3) is 5.22. The molecule has 6 rings (SSSR count). The summed E-state index contributed by atoms with van der Waals surface area (Å²) in [6, 6.07) is 13.4. The predicted molar refractivity (Wildman–Crippen MR) is 153 cm³/mol. The van der Waals surface area contributed by atoms with Crippen molar-refractivity contribution in [1.29, 1.82) is 0 Å². The molecule has 1 aliphatic carbocycles. The quantitative estimate of drug-likeness (QED) is 0.337. The van der Waals surface area contributed by atoms with Gasteiger partial charge in [0, 0.05) is 26.6 Å². The van der Waals surface area contributed by atoms with Crippen molar-refractivity contribution in [3.63, 3.8) is 0 Å². The SMILES string of the molecule is CCC.CN(C)C(=O)CNC(=O)c1ccc(-c2cnc3nnc(C4(c5ccc6ncsc6c5)CC4)n3n2)cc1.[HH]. The smallest absolute Gasteiger partial charge is 0.271 e. The molecule has 2 amide bonds. The zero-order valence-corrected chi connectivity index (χ0v) is 23.2. The van der Waals surface area contributed by atoms with Gasteiger partial charge < -0.3 is 10.2 Å². The van der Waals surface area contributed by atoms with E-state index in [1.54, 1.807) is 48.3 Å². The van der Waals surface area contributed by atoms with Crippen LogP contribution in [-0.2, 0) is 10.2 Å². The van der Waals surface area contributed by atoms with Crippen LogP contribution in [0.1, 0.15) is 56.3 Å². The van der Waals surface area contributed by atoms with Crippen LogP contribution in [0.4, 0.5) is 0 Å². The van der Waals surface area contributed by atoms with Crippen molar-refractivity contribution in [2.45, 2.75) is 38.5 Å². The average Bonchev–Trinajstić information content (AvgIpc) is 3.41. The number of fused-ring (bicyclic) bond motifs is 2. The van der Waals surface area contributed by atoms with Crippen molar-refractivity contribution in [2.24, 2.45) is 0 Å². The van der Waals surface area contributed by atoms with Crippen molar-refractivity contribution < 1.29 is 11.0 Å². The number of amides is 2. The van der Waals surface area contributed by atoms with E-state index in [0.717, 1.165) is 34.4 Å². The molecule has 1 saturated carbocycles. The van der Waals surface area contributed by atoms with E-state index < -0.39 is 0 Å². The number of rotatable bonds is 6. The van der Waals surface area contributed by atoms with E-state index in [-0.39, 0.29) is 25.2 Å². The number of aromatic nitrogens is 6. The van der Waals surface area contributed by atoms with Crippen molar-refractivity contribution >= 4 is 39.1 Å². The van der Waals surface area contributed by atoms with Crippen LogP contribution in [0.15, 0.2) is 54.2 Å². The maximum Gasteiger partial charge on any atom is 0.271 e. The summed E-state index contributed by atoms with van der Waals surface area (Å²) in [5.41, 5.74) is 5.71. The second-order valence-electron chi connectivity index (χ2n) is 9.75. The molecule has 0 radical (unpaired) electrons. The van der Waals surface area contributed by atoms with Gasteiger partial charge in [0.15, 0.2) is 5.82 Å². The minimum atomic E-state index is -0.312. The van der Waals surface area contributed by atoms with Gasteiger partial charge in [0.05, 0.1) is 33.9 Å². The van der Waals surface area contributed by atoms with Gasteiger partial charge in [-0.25, -0.2) is 9.97 Å². The number of likely N-dealkylation sites (N-methyl/N-ethyl adjacent to an activating group) is 1. The predicted octanol–water partition coefficient (Wildman–Crippen LogP) is 4.36. The molecule has 202 valence electrons. The van der Waals surface area contributed by atoms with Crippen LogP contribution >= 0.6 is 11.3 Å². The van der Waals surface area contributed by atoms with E-state index in [2.05, 4.69) is 57.5 Å². The summed E-state index contributed by atoms with van der Waals surface area (Å²) in [6.45, 7) is 4.20. The number of thiazole rings is 1. The lowest BCUT2D eigenvalue weighted by molar-refractivity contribution is -0.127. The lowest BCUT2D eigenvalue weighted by Crippen LogP contribution is -2.36. The largest absolute Gasteiger partial charge is 0.347 e. The number of nitrogens with one attached hydrogen (secondary N) is 1. The van der Waals surface area contributed by atoms with Gasteiger partial charge in [0.1, 0.15) is 5.69 Å². The molecule has 2 aromatic carbocycles. The fourth-order valence-corrected chi connectivity index (χ4v) is 4.97. The van der Waals surface area contributed by atoms with Crippen molar-refractivity contribution in [2.75, 3.05) is 20.6 Å². The molecule has 0 saturated heterocycles. The van der Waals surface area contributed by atoms with E-state index >= 15 is 0 Å². The van der Waals surface area contributed by atoms with E-state index in [9.17, 15) is 9.59 Å². The first-order valence-corrected chi connectivity index (χ1v) is 13.8. The van der Waals surface area contributed by atoms with Gasteiger partial charge >= 0.3 is 0 Å². The molecule has 1 fully saturated rings. The maximum atomic E-state index is 12.4. The molecule has 0 unspecified atom stereocenters. The van der Waals surface area contributed by atoms with Gasteiger partial charge in [0.2, 0.25) is 5.91 Å². The molecule has 3 heterocycles. The van der Waals surface area contributed by atoms with Crippen LogP contribution < -0.4 is 5.32 Å². The zero-order chi connectivity index (χ0) is 27.6. The Morgan fingerprint density at radius 3 is 2.51 bits per heavy atom. The summed E-state index contributed by atoms with van der Waals surface area (Å²) in [6.07, 6.45) is 4.83. The van der Waals surface area contributed by atoms with Gasteiger partial charge in [0.25, 0.3) is 11.7 Å². The number of hydrogen-bond donors (Lipinski definition) is 1. The van der Waals surface area contributed by atoms with Crippen LogP contribution in [0.2, 0.25) is 0 Å². The number of carbonyl (C=O) groups excluding carboxylic acids is 2. The van der Waals surface area contributed by atoms with Gasteiger partial charge in [-0.15, -0.1) is 21.5 Å². The molecule has 5 aromatic rings. The fraction of sp³-hybridized carbons (Fsp3) is 0.321. The van der Waals surface area contributed by atoms with E-state index in [1.165, 1.54) is 16.9 Å². The highest BCUT2D eigenvalue weighted by Crippen LogP contribution is 2.53. The Morgan fingerprint density at radius 1 is 1.08 bits per heavy atom. The van der Waals surface area contributed by atoms with E-state index in [1.807, 2.05) is 17.6 Å². The normalized spacial score (nSPS) is 13.5. The third-order valence-corrected chi connectivity index (χ3v) is 7.33. The maximum absolute atomic E-state index is 12.4. The van der Waals surface area contributed by atoms with Gasteiger partial charge in [-0.3, -0.25) is 9.59 Å². The monoisotopic (exact) mass is 544 g/mol. The molecule has 10 nitrogen and oxygen atoms in total. The van der Waals surface area contributed by atoms with E-state index in [0.29, 0.717) is 17.0 Å². The Bertz CT molecular complexity index is 1640. The van der Waals surface area contributed by atoms with Crippen LogP contribution in [-0.4, -0.2) is 67.1 Å². The Morgan fingerprint density at radius 2 is 1.82 bits per heavy atom. The van der Waals surface area contributed by atoms with Crippen LogP contribution in [0.25, 0.3) is 27.3 Å². The molecule has 3 aromatic heterocycles. The summed E-state index contributed by atoms with van der Waals surface area (Å²) in [4.78, 5) is 34.4. The fourth-order valence-electron chi connectivity index (χ4n) is 4.25. The molecule has 39 heavy (non-hydrogen) atoms. The highest BCUT2D eigenvalue weighted by Gasteiger charge is 2.50. The highest BCUT2D eigenvalue weighted by atomic mass is 32.1. The molecule has 1 N–H and O–H groups in total. The van der Waals surface area contributed by atoms with Crippen molar-refractivity contribution in [1.82, 2.24) is 40.0 Å². The number of benzene rings is 2. The van der Waals surface area contributed by atoms with E-state index in [4.69, 9.17) is 5.10 Å². The van der Waals surface area contributed by atoms with Gasteiger partial charge in [-0.1, -0.05) is 38.5 Å². The average molecular weight is 545 g/mol. The van der Waals surface area contributed by atoms with Crippen LogP contribution in [0.3, 0.4) is 0 Å². The first kappa shape index (κ1) is 26.4.